The van der Waals surface area contributed by atoms with Crippen molar-refractivity contribution in [2.24, 2.45) is 0 Å². The zero-order valence-corrected chi connectivity index (χ0v) is 14.2. The topological polar surface area (TPSA) is 110 Å². The maximum Gasteiger partial charge on any atom is 0.293 e. The number of aliphatic hydroxyl groups excluding tert-OH is 1. The summed E-state index contributed by atoms with van der Waals surface area (Å²) >= 11 is 5.99. The molecule has 0 aliphatic rings. The van der Waals surface area contributed by atoms with Crippen molar-refractivity contribution in [3.8, 4) is 0 Å². The number of aliphatic hydroxyl groups is 1. The highest BCUT2D eigenvalue weighted by Gasteiger charge is 2.20. The molecule has 2 rings (SSSR count). The highest BCUT2D eigenvalue weighted by Crippen LogP contribution is 2.29. The van der Waals surface area contributed by atoms with Gasteiger partial charge in [0.1, 0.15) is 5.69 Å². The molecule has 0 spiro atoms. The van der Waals surface area contributed by atoms with Crippen molar-refractivity contribution in [1.82, 2.24) is 0 Å². The number of rotatable bonds is 6. The second-order valence-corrected chi connectivity index (χ2v) is 7.55. The third-order valence-electron chi connectivity index (χ3n) is 3.34. The van der Waals surface area contributed by atoms with E-state index in [0.717, 1.165) is 12.3 Å². The molecular weight excluding hydrogens is 356 g/mol. The van der Waals surface area contributed by atoms with Crippen molar-refractivity contribution < 1.29 is 18.4 Å². The Labute approximate surface area is 144 Å². The van der Waals surface area contributed by atoms with E-state index in [9.17, 15) is 23.6 Å². The third kappa shape index (κ3) is 4.22. The third-order valence-corrected chi connectivity index (χ3v) is 4.80. The highest BCUT2D eigenvalue weighted by atomic mass is 35.5. The van der Waals surface area contributed by atoms with Crippen LogP contribution in [-0.4, -0.2) is 31.2 Å². The zero-order valence-electron chi connectivity index (χ0n) is 12.6. The van der Waals surface area contributed by atoms with E-state index in [1.165, 1.54) is 12.1 Å². The first-order valence-electron chi connectivity index (χ1n) is 6.85. The first-order valence-corrected chi connectivity index (χ1v) is 9.12. The first kappa shape index (κ1) is 18.2. The van der Waals surface area contributed by atoms with Gasteiger partial charge in [-0.2, -0.15) is 0 Å². The second-order valence-electron chi connectivity index (χ2n) is 5.13. The molecule has 0 amide bonds. The second kappa shape index (κ2) is 7.16. The maximum absolute atomic E-state index is 11.5. The number of sulfone groups is 1. The molecule has 2 aromatic rings. The Morgan fingerprint density at radius 3 is 2.54 bits per heavy atom. The first-order chi connectivity index (χ1) is 11.2. The van der Waals surface area contributed by atoms with E-state index in [0.29, 0.717) is 10.6 Å². The molecule has 128 valence electrons. The van der Waals surface area contributed by atoms with E-state index in [2.05, 4.69) is 5.32 Å². The van der Waals surface area contributed by atoms with Gasteiger partial charge < -0.3 is 10.4 Å². The molecule has 0 fully saturated rings. The van der Waals surface area contributed by atoms with E-state index in [1.807, 2.05) is 0 Å². The molecule has 0 saturated heterocycles. The minimum atomic E-state index is -3.55. The van der Waals surface area contributed by atoms with Crippen molar-refractivity contribution in [3.63, 3.8) is 0 Å². The van der Waals surface area contributed by atoms with Crippen LogP contribution < -0.4 is 5.32 Å². The number of hydrogen-bond donors (Lipinski definition) is 2. The van der Waals surface area contributed by atoms with Crippen molar-refractivity contribution in [2.75, 3.05) is 18.1 Å². The number of halogens is 1. The van der Waals surface area contributed by atoms with E-state index < -0.39 is 20.9 Å². The Hall–Kier alpha value is -2.16. The average Bonchev–Trinajstić information content (AvgIpc) is 2.51. The monoisotopic (exact) mass is 370 g/mol. The summed E-state index contributed by atoms with van der Waals surface area (Å²) in [5, 5.41) is 24.5. The van der Waals surface area contributed by atoms with Crippen molar-refractivity contribution in [2.45, 2.75) is 11.0 Å². The molecule has 0 aliphatic heterocycles. The van der Waals surface area contributed by atoms with Crippen LogP contribution in [0.15, 0.2) is 47.4 Å². The van der Waals surface area contributed by atoms with E-state index in [1.54, 1.807) is 24.3 Å². The van der Waals surface area contributed by atoms with Crippen LogP contribution in [0.25, 0.3) is 0 Å². The van der Waals surface area contributed by atoms with Gasteiger partial charge in [-0.25, -0.2) is 8.42 Å². The molecule has 2 aromatic carbocycles. The Bertz CT molecular complexity index is 870. The SMILES string of the molecule is CS(=O)(=O)c1ccc(NCC(O)c2ccccc2Cl)c([N+](=O)[O-])c1. The zero-order chi connectivity index (χ0) is 17.9. The predicted molar refractivity (Wildman–Crippen MR) is 91.1 cm³/mol. The Morgan fingerprint density at radius 2 is 1.96 bits per heavy atom. The summed E-state index contributed by atoms with van der Waals surface area (Å²) in [6, 6.07) is 10.3. The van der Waals surface area contributed by atoms with Gasteiger partial charge in [-0.3, -0.25) is 10.1 Å². The molecular formula is C15H15ClN2O5S. The fourth-order valence-corrected chi connectivity index (χ4v) is 3.01. The number of benzene rings is 2. The standard InChI is InChI=1S/C15H15ClN2O5S/c1-24(22,23)10-6-7-13(14(8-10)18(20)21)17-9-15(19)11-4-2-3-5-12(11)16/h2-8,15,17,19H,9H2,1H3. The van der Waals surface area contributed by atoms with Gasteiger partial charge in [0.2, 0.25) is 0 Å². The van der Waals surface area contributed by atoms with Gasteiger partial charge in [0, 0.05) is 29.5 Å². The lowest BCUT2D eigenvalue weighted by Crippen LogP contribution is -2.13. The lowest BCUT2D eigenvalue weighted by molar-refractivity contribution is -0.384. The fraction of sp³-hybridized carbons (Fsp3) is 0.200. The van der Waals surface area contributed by atoms with Gasteiger partial charge in [-0.15, -0.1) is 0 Å². The molecule has 0 saturated carbocycles. The lowest BCUT2D eigenvalue weighted by Gasteiger charge is -2.14. The highest BCUT2D eigenvalue weighted by molar-refractivity contribution is 7.90. The molecule has 0 heterocycles. The van der Waals surface area contributed by atoms with Crippen molar-refractivity contribution in [3.05, 3.63) is 63.2 Å². The molecule has 2 N–H and O–H groups in total. The summed E-state index contributed by atoms with van der Waals surface area (Å²) < 4.78 is 23.0. The van der Waals surface area contributed by atoms with Crippen LogP contribution >= 0.6 is 11.6 Å². The number of nitro benzene ring substituents is 1. The molecule has 0 radical (unpaired) electrons. The minimum absolute atomic E-state index is 0.0250. The van der Waals surface area contributed by atoms with E-state index >= 15 is 0 Å². The summed E-state index contributed by atoms with van der Waals surface area (Å²) in [7, 11) is -3.55. The van der Waals surface area contributed by atoms with Crippen LogP contribution in [0.1, 0.15) is 11.7 Å². The number of anilines is 1. The van der Waals surface area contributed by atoms with Crippen molar-refractivity contribution in [1.29, 1.82) is 0 Å². The summed E-state index contributed by atoms with van der Waals surface area (Å²) in [4.78, 5) is 10.3. The minimum Gasteiger partial charge on any atom is -0.387 e. The normalized spacial score (nSPS) is 12.6. The smallest absolute Gasteiger partial charge is 0.293 e. The fourth-order valence-electron chi connectivity index (χ4n) is 2.10. The Kier molecular flexibility index (Phi) is 5.43. The largest absolute Gasteiger partial charge is 0.387 e. The van der Waals surface area contributed by atoms with Crippen LogP contribution in [0.5, 0.6) is 0 Å². The van der Waals surface area contributed by atoms with E-state index in [4.69, 9.17) is 11.6 Å². The Balaban J connectivity index is 2.24. The predicted octanol–water partition coefficient (Wildman–Crippen LogP) is 2.80. The molecule has 1 unspecified atom stereocenters. The number of nitro groups is 1. The average molecular weight is 371 g/mol. The summed E-state index contributed by atoms with van der Waals surface area (Å²) in [5.74, 6) is 0. The summed E-state index contributed by atoms with van der Waals surface area (Å²) in [6.45, 7) is -0.0250. The van der Waals surface area contributed by atoms with Crippen LogP contribution in [0.4, 0.5) is 11.4 Å². The number of hydrogen-bond acceptors (Lipinski definition) is 6. The Morgan fingerprint density at radius 1 is 1.29 bits per heavy atom. The quantitative estimate of drug-likeness (QED) is 0.597. The maximum atomic E-state index is 11.5. The molecule has 9 heteroatoms. The molecule has 0 aliphatic carbocycles. The van der Waals surface area contributed by atoms with Crippen molar-refractivity contribution >= 4 is 32.8 Å². The summed E-state index contributed by atoms with van der Waals surface area (Å²) in [6.07, 6.45) is -0.00627. The molecule has 7 nitrogen and oxygen atoms in total. The number of nitrogens with zero attached hydrogens (tertiary/aromatic N) is 1. The summed E-state index contributed by atoms with van der Waals surface area (Å²) in [5.41, 5.74) is 0.213. The molecule has 0 aromatic heterocycles. The van der Waals surface area contributed by atoms with Gasteiger partial charge in [-0.05, 0) is 18.2 Å². The molecule has 0 bridgehead atoms. The molecule has 1 atom stereocenters. The van der Waals surface area contributed by atoms with Crippen LogP contribution in [-0.2, 0) is 9.84 Å². The number of nitrogens with one attached hydrogen (secondary N) is 1. The van der Waals surface area contributed by atoms with Crippen LogP contribution in [0, 0.1) is 10.1 Å². The van der Waals surface area contributed by atoms with Gasteiger partial charge in [0.15, 0.2) is 9.84 Å². The lowest BCUT2D eigenvalue weighted by atomic mass is 10.1. The van der Waals surface area contributed by atoms with Gasteiger partial charge in [-0.1, -0.05) is 29.8 Å². The van der Waals surface area contributed by atoms with Crippen LogP contribution in [0.3, 0.4) is 0 Å². The van der Waals surface area contributed by atoms with Gasteiger partial charge >= 0.3 is 0 Å². The van der Waals surface area contributed by atoms with Gasteiger partial charge in [0.25, 0.3) is 5.69 Å². The van der Waals surface area contributed by atoms with Crippen LogP contribution in [0.2, 0.25) is 5.02 Å². The van der Waals surface area contributed by atoms with E-state index in [-0.39, 0.29) is 22.8 Å². The van der Waals surface area contributed by atoms with Gasteiger partial charge in [0.05, 0.1) is 15.9 Å². The molecule has 24 heavy (non-hydrogen) atoms.